The molecule has 100 heavy (non-hydrogen) atoms. The first-order valence-electron chi connectivity index (χ1n) is 32.4. The molecule has 12 heteroatoms. The summed E-state index contributed by atoms with van der Waals surface area (Å²) in [5, 5.41) is 33.9. The van der Waals surface area contributed by atoms with E-state index in [1.165, 1.54) is 0 Å². The van der Waals surface area contributed by atoms with Crippen molar-refractivity contribution >= 4 is 49.3 Å². The molecule has 0 saturated carbocycles. The Morgan fingerprint density at radius 3 is 1.22 bits per heavy atom. The molecule has 0 radical (unpaired) electrons. The average Bonchev–Trinajstić information content (AvgIpc) is 1.58. The van der Waals surface area contributed by atoms with E-state index in [1.54, 1.807) is 24.3 Å². The monoisotopic (exact) mass is 1270 g/mol. The number of rotatable bonds is 12. The molecule has 0 atom stereocenters. The number of aromatic nitrogens is 8. The van der Waals surface area contributed by atoms with Crippen LogP contribution in [0, 0.1) is 40.6 Å². The lowest BCUT2D eigenvalue weighted by molar-refractivity contribution is 1.07. The zero-order valence-electron chi connectivity index (χ0n) is 53.2. The van der Waals surface area contributed by atoms with E-state index in [1.807, 2.05) is 146 Å². The topological polar surface area (TPSA) is 163 Å². The minimum absolute atomic E-state index is 0.407. The first-order valence-corrected chi connectivity index (χ1v) is 32.4. The van der Waals surface area contributed by atoms with Gasteiger partial charge in [-0.2, -0.15) is 15.8 Å². The number of hydrogen-bond donors (Lipinski definition) is 0. The van der Waals surface area contributed by atoms with E-state index in [4.69, 9.17) is 36.5 Å². The largest absolute Gasteiger partial charge is 0.309 e. The van der Waals surface area contributed by atoms with Crippen molar-refractivity contribution < 1.29 is 0 Å². The molecule has 0 aliphatic rings. The number of hydrogen-bond acceptors (Lipinski definition) is 9. The van der Waals surface area contributed by atoms with Gasteiger partial charge in [-0.15, -0.1) is 0 Å². The third kappa shape index (κ3) is 10.7. The quantitative estimate of drug-likeness (QED) is 0.108. The second kappa shape index (κ2) is 25.0. The van der Waals surface area contributed by atoms with E-state index in [0.29, 0.717) is 57.3 Å². The summed E-state index contributed by atoms with van der Waals surface area (Å²) >= 11 is 0. The van der Waals surface area contributed by atoms with Gasteiger partial charge in [0.25, 0.3) is 0 Å². The minimum Gasteiger partial charge on any atom is -0.309 e. The molecule has 17 rings (SSSR count). The van der Waals surface area contributed by atoms with Crippen LogP contribution in [0.4, 0.5) is 5.69 Å². The van der Waals surface area contributed by atoms with Crippen molar-refractivity contribution in [2.75, 3.05) is 0 Å². The minimum atomic E-state index is 0.407. The zero-order chi connectivity index (χ0) is 67.2. The zero-order valence-corrected chi connectivity index (χ0v) is 53.2. The average molecular weight is 1280 g/mol. The van der Waals surface area contributed by atoms with Gasteiger partial charge in [-0.3, -0.25) is 0 Å². The summed E-state index contributed by atoms with van der Waals surface area (Å²) in [5.74, 6) is 3.13. The lowest BCUT2D eigenvalue weighted by atomic mass is 9.95. The van der Waals surface area contributed by atoms with E-state index in [2.05, 4.69) is 166 Å². The lowest BCUT2D eigenvalue weighted by Crippen LogP contribution is -2.02. The molecule has 12 nitrogen and oxygen atoms in total. The number of para-hydroxylation sites is 2. The van der Waals surface area contributed by atoms with Crippen molar-refractivity contribution in [3.8, 4) is 142 Å². The summed E-state index contributed by atoms with van der Waals surface area (Å²) < 4.78 is 4.60. The maximum atomic E-state index is 10.4. The molecule has 0 aliphatic carbocycles. The molecule has 4 aromatic heterocycles. The molecule has 17 aromatic rings. The molecule has 13 aromatic carbocycles. The fraction of sp³-hybridized carbons (Fsp3) is 0. The van der Waals surface area contributed by atoms with Gasteiger partial charge in [0.05, 0.1) is 63.7 Å². The highest BCUT2D eigenvalue weighted by atomic mass is 15.1. The Kier molecular flexibility index (Phi) is 14.8. The molecule has 0 N–H and O–H groups in total. The predicted molar refractivity (Wildman–Crippen MR) is 397 cm³/mol. The van der Waals surface area contributed by atoms with Crippen LogP contribution in [0.15, 0.2) is 303 Å². The summed E-state index contributed by atoms with van der Waals surface area (Å²) in [4.78, 5) is 35.2. The van der Waals surface area contributed by atoms with Crippen molar-refractivity contribution in [2.24, 2.45) is 0 Å². The van der Waals surface area contributed by atoms with Crippen LogP contribution in [0.25, 0.3) is 173 Å². The predicted octanol–water partition coefficient (Wildman–Crippen LogP) is 21.1. The Morgan fingerprint density at radius 1 is 0.270 bits per heavy atom. The van der Waals surface area contributed by atoms with Gasteiger partial charge in [-0.25, -0.2) is 34.7 Å². The van der Waals surface area contributed by atoms with Crippen molar-refractivity contribution in [1.82, 2.24) is 39.0 Å². The Balaban J connectivity index is 0.905. The van der Waals surface area contributed by atoms with Crippen molar-refractivity contribution in [3.05, 3.63) is 331 Å². The molecular formula is C88H50N12. The SMILES string of the molecule is [C-]#[N+]c1cc(C#N)ccc1-c1ccc2c(c1)c1ccccc1n2-c1ccc(-c2nc(-c3ccccc3)nc(-c3ccccc3)n2)cc1-c1cccc(-c2cc(-c3nc(-c4ccccc4)nc(-c4ccccc4)n3)cc(-n3c4ccccc4c4cc(-c5ccc(C#N)cc5C#N)ccc43)c2)c1. The Morgan fingerprint density at radius 2 is 0.680 bits per heavy atom. The number of fused-ring (bicyclic) bond motifs is 6. The van der Waals surface area contributed by atoms with Crippen LogP contribution >= 0.6 is 0 Å². The second-order valence-electron chi connectivity index (χ2n) is 24.3. The van der Waals surface area contributed by atoms with Crippen molar-refractivity contribution in [2.45, 2.75) is 0 Å². The Labute approximate surface area is 574 Å². The maximum absolute atomic E-state index is 10.4. The molecule has 0 fully saturated rings. The first-order chi connectivity index (χ1) is 49.3. The summed E-state index contributed by atoms with van der Waals surface area (Å²) in [6, 6.07) is 108. The molecule has 0 spiro atoms. The molecule has 4 heterocycles. The standard InChI is InChI=1S/C88H50N12/c1-92-77-44-56(53-90)34-39-71(77)64-36-41-82-76(50-64)73-30-15-17-32-79(73)100(82)80-42-37-65(87-95-83(57-19-6-2-7-20-57)93-84(96-87)58-21-8-3-9-22-58)51-74(80)62-28-18-27-61(45-62)66-46-67(88-97-85(59-23-10-4-11-24-59)94-86(98-88)60-25-12-5-13-26-60)48-69(47-66)99-78-31-16-14-29-72(78)75-49-63(35-40-81(75)99)70-38-33-55(52-89)43-68(70)54-91/h2-51H. The van der Waals surface area contributed by atoms with Gasteiger partial charge in [0.2, 0.25) is 0 Å². The third-order valence-electron chi connectivity index (χ3n) is 18.3. The smallest absolute Gasteiger partial charge is 0.196 e. The van der Waals surface area contributed by atoms with Gasteiger partial charge < -0.3 is 9.13 Å². The third-order valence-corrected chi connectivity index (χ3v) is 18.3. The molecule has 0 saturated heterocycles. The Bertz CT molecular complexity index is 6210. The number of nitrogens with zero attached hydrogens (tertiary/aromatic N) is 12. The van der Waals surface area contributed by atoms with E-state index in [0.717, 1.165) is 133 Å². The molecule has 0 aliphatic heterocycles. The van der Waals surface area contributed by atoms with Crippen molar-refractivity contribution in [3.63, 3.8) is 0 Å². The van der Waals surface area contributed by atoms with Gasteiger partial charge in [0.15, 0.2) is 40.6 Å². The van der Waals surface area contributed by atoms with Gasteiger partial charge >= 0.3 is 0 Å². The fourth-order valence-corrected chi connectivity index (χ4v) is 13.6. The van der Waals surface area contributed by atoms with Crippen LogP contribution in [0.3, 0.4) is 0 Å². The first kappa shape index (κ1) is 59.2. The second-order valence-corrected chi connectivity index (χ2v) is 24.3. The molecule has 0 bridgehead atoms. The molecule has 462 valence electrons. The van der Waals surface area contributed by atoms with Crippen LogP contribution in [-0.2, 0) is 0 Å². The highest BCUT2D eigenvalue weighted by Crippen LogP contribution is 2.44. The van der Waals surface area contributed by atoms with E-state index >= 15 is 0 Å². The molecule has 0 unspecified atom stereocenters. The summed E-state index contributed by atoms with van der Waals surface area (Å²) in [7, 11) is 0. The number of nitriles is 3. The summed E-state index contributed by atoms with van der Waals surface area (Å²) in [6.07, 6.45) is 0. The van der Waals surface area contributed by atoms with Gasteiger partial charge in [-0.05, 0) is 142 Å². The number of benzene rings is 13. The van der Waals surface area contributed by atoms with Gasteiger partial charge in [0, 0.05) is 71.7 Å². The summed E-state index contributed by atoms with van der Waals surface area (Å²) in [5.41, 5.74) is 19.0. The van der Waals surface area contributed by atoms with Crippen LogP contribution in [0.1, 0.15) is 16.7 Å². The summed E-state index contributed by atoms with van der Waals surface area (Å²) in [6.45, 7) is 8.14. The van der Waals surface area contributed by atoms with Gasteiger partial charge in [-0.1, -0.05) is 200 Å². The highest BCUT2D eigenvalue weighted by molar-refractivity contribution is 6.12. The maximum Gasteiger partial charge on any atom is 0.196 e. The van der Waals surface area contributed by atoms with Crippen LogP contribution in [-0.4, -0.2) is 39.0 Å². The molecule has 0 amide bonds. The highest BCUT2D eigenvalue weighted by Gasteiger charge is 2.24. The van der Waals surface area contributed by atoms with Crippen LogP contribution in [0.5, 0.6) is 0 Å². The van der Waals surface area contributed by atoms with E-state index in [9.17, 15) is 15.8 Å². The molecular weight excluding hydrogens is 1230 g/mol. The normalized spacial score (nSPS) is 11.2. The van der Waals surface area contributed by atoms with Gasteiger partial charge in [0.1, 0.15) is 0 Å². The lowest BCUT2D eigenvalue weighted by Gasteiger charge is -2.18. The van der Waals surface area contributed by atoms with Crippen molar-refractivity contribution in [1.29, 1.82) is 15.8 Å². The Hall–Kier alpha value is -14.6. The van der Waals surface area contributed by atoms with Crippen LogP contribution in [0.2, 0.25) is 0 Å². The van der Waals surface area contributed by atoms with Crippen LogP contribution < -0.4 is 0 Å². The fourth-order valence-electron chi connectivity index (χ4n) is 13.6. The van der Waals surface area contributed by atoms with E-state index in [-0.39, 0.29) is 0 Å². The van der Waals surface area contributed by atoms with E-state index < -0.39 is 0 Å².